The van der Waals surface area contributed by atoms with Crippen molar-refractivity contribution in [2.24, 2.45) is 0 Å². The molecule has 2 aromatic rings. The van der Waals surface area contributed by atoms with Crippen LogP contribution in [-0.2, 0) is 18.3 Å². The van der Waals surface area contributed by atoms with Crippen LogP contribution in [0.4, 0.5) is 0 Å². The van der Waals surface area contributed by atoms with Crippen molar-refractivity contribution in [2.45, 2.75) is 52.4 Å². The van der Waals surface area contributed by atoms with Gasteiger partial charge in [0.1, 0.15) is 5.82 Å². The van der Waals surface area contributed by atoms with Crippen LogP contribution >= 0.6 is 0 Å². The fraction of sp³-hybridized carbons (Fsp3) is 0.471. The van der Waals surface area contributed by atoms with Crippen LogP contribution in [0.25, 0.3) is 11.3 Å². The molecule has 2 heteroatoms. The van der Waals surface area contributed by atoms with E-state index < -0.39 is 0 Å². The number of nitrogens with one attached hydrogen (secondary N) is 1. The number of hydrogen-bond acceptors (Lipinski definition) is 1. The fourth-order valence-electron chi connectivity index (χ4n) is 2.79. The molecule has 19 heavy (non-hydrogen) atoms. The number of fused-ring (bicyclic) bond motifs is 3. The van der Waals surface area contributed by atoms with Gasteiger partial charge >= 0.3 is 0 Å². The highest BCUT2D eigenvalue weighted by Crippen LogP contribution is 2.33. The predicted octanol–water partition coefficient (Wildman–Crippen LogP) is 4.17. The fourth-order valence-corrected chi connectivity index (χ4v) is 2.79. The standard InChI is InChI=1S/C17H22N2/c1-11-8-9-13-12(10-11)6-5-7-14-15(13)19-16(18-14)17(2,3)4/h8-10H,5-7H2,1-4H3,(H,18,19). The van der Waals surface area contributed by atoms with E-state index in [1.165, 1.54) is 34.5 Å². The van der Waals surface area contributed by atoms with Crippen LogP contribution in [0.3, 0.4) is 0 Å². The lowest BCUT2D eigenvalue weighted by Gasteiger charge is -2.14. The minimum absolute atomic E-state index is 0.0804. The first-order valence-electron chi connectivity index (χ1n) is 7.14. The zero-order valence-corrected chi connectivity index (χ0v) is 12.3. The highest BCUT2D eigenvalue weighted by atomic mass is 15.0. The van der Waals surface area contributed by atoms with E-state index in [4.69, 9.17) is 4.98 Å². The molecule has 0 unspecified atom stereocenters. The molecule has 0 radical (unpaired) electrons. The molecule has 0 saturated heterocycles. The molecule has 0 amide bonds. The molecule has 0 saturated carbocycles. The largest absolute Gasteiger partial charge is 0.341 e. The van der Waals surface area contributed by atoms with Gasteiger partial charge in [0.25, 0.3) is 0 Å². The van der Waals surface area contributed by atoms with E-state index >= 15 is 0 Å². The predicted molar refractivity (Wildman–Crippen MR) is 79.5 cm³/mol. The van der Waals surface area contributed by atoms with Gasteiger partial charge in [-0.05, 0) is 31.7 Å². The van der Waals surface area contributed by atoms with Crippen molar-refractivity contribution in [2.75, 3.05) is 0 Å². The summed E-state index contributed by atoms with van der Waals surface area (Å²) >= 11 is 0. The van der Waals surface area contributed by atoms with Crippen LogP contribution in [0.1, 0.15) is 49.8 Å². The van der Waals surface area contributed by atoms with Crippen LogP contribution in [-0.4, -0.2) is 9.97 Å². The van der Waals surface area contributed by atoms with Gasteiger partial charge < -0.3 is 4.98 Å². The van der Waals surface area contributed by atoms with Crippen molar-refractivity contribution in [1.29, 1.82) is 0 Å². The molecule has 1 aliphatic carbocycles. The molecular weight excluding hydrogens is 232 g/mol. The Kier molecular flexibility index (Phi) is 2.77. The van der Waals surface area contributed by atoms with Crippen molar-refractivity contribution < 1.29 is 0 Å². The smallest absolute Gasteiger partial charge is 0.112 e. The lowest BCUT2D eigenvalue weighted by Crippen LogP contribution is -2.13. The lowest BCUT2D eigenvalue weighted by atomic mass is 9.96. The van der Waals surface area contributed by atoms with Gasteiger partial charge in [0.2, 0.25) is 0 Å². The van der Waals surface area contributed by atoms with Crippen LogP contribution in [0.15, 0.2) is 18.2 Å². The Morgan fingerprint density at radius 3 is 2.68 bits per heavy atom. The first-order chi connectivity index (χ1) is 8.95. The number of aromatic nitrogens is 2. The number of aromatic amines is 1. The summed E-state index contributed by atoms with van der Waals surface area (Å²) in [6.45, 7) is 8.79. The number of aryl methyl sites for hydroxylation is 3. The summed E-state index contributed by atoms with van der Waals surface area (Å²) in [4.78, 5) is 8.43. The van der Waals surface area contributed by atoms with Gasteiger partial charge in [-0.1, -0.05) is 44.5 Å². The van der Waals surface area contributed by atoms with E-state index in [1.54, 1.807) is 0 Å². The number of imidazole rings is 1. The summed E-state index contributed by atoms with van der Waals surface area (Å²) < 4.78 is 0. The van der Waals surface area contributed by atoms with Crippen molar-refractivity contribution in [3.63, 3.8) is 0 Å². The van der Waals surface area contributed by atoms with Gasteiger partial charge in [-0.2, -0.15) is 0 Å². The molecule has 1 aromatic heterocycles. The Balaban J connectivity index is 2.18. The second kappa shape index (κ2) is 4.22. The number of H-pyrrole nitrogens is 1. The van der Waals surface area contributed by atoms with E-state index in [9.17, 15) is 0 Å². The SMILES string of the molecule is Cc1ccc2c(c1)CCCc1nc(C(C)(C)C)[nH]c1-2. The van der Waals surface area contributed by atoms with Crippen LogP contribution in [0, 0.1) is 6.92 Å². The monoisotopic (exact) mass is 254 g/mol. The molecule has 2 nitrogen and oxygen atoms in total. The second-order valence-corrected chi connectivity index (χ2v) is 6.67. The molecular formula is C17H22N2. The zero-order chi connectivity index (χ0) is 13.6. The third-order valence-electron chi connectivity index (χ3n) is 3.88. The summed E-state index contributed by atoms with van der Waals surface area (Å²) in [5.41, 5.74) is 6.73. The Bertz CT molecular complexity index is 615. The van der Waals surface area contributed by atoms with Gasteiger partial charge in [0.15, 0.2) is 0 Å². The average Bonchev–Trinajstić information content (AvgIpc) is 2.67. The average molecular weight is 254 g/mol. The van der Waals surface area contributed by atoms with Crippen LogP contribution in [0.5, 0.6) is 0 Å². The molecule has 1 N–H and O–H groups in total. The summed E-state index contributed by atoms with van der Waals surface area (Å²) in [6.07, 6.45) is 3.43. The first-order valence-corrected chi connectivity index (χ1v) is 7.14. The summed E-state index contributed by atoms with van der Waals surface area (Å²) in [6, 6.07) is 6.77. The minimum atomic E-state index is 0.0804. The maximum atomic E-state index is 4.85. The van der Waals surface area contributed by atoms with E-state index in [1.807, 2.05) is 0 Å². The van der Waals surface area contributed by atoms with Crippen LogP contribution < -0.4 is 0 Å². The van der Waals surface area contributed by atoms with E-state index in [-0.39, 0.29) is 5.41 Å². The molecule has 100 valence electrons. The Hall–Kier alpha value is -1.57. The second-order valence-electron chi connectivity index (χ2n) is 6.67. The topological polar surface area (TPSA) is 28.7 Å². The molecule has 1 aromatic carbocycles. The van der Waals surface area contributed by atoms with Crippen molar-refractivity contribution >= 4 is 0 Å². The first kappa shape index (κ1) is 12.5. The van der Waals surface area contributed by atoms with Crippen LogP contribution in [0.2, 0.25) is 0 Å². The lowest BCUT2D eigenvalue weighted by molar-refractivity contribution is 0.551. The van der Waals surface area contributed by atoms with Gasteiger partial charge in [-0.25, -0.2) is 4.98 Å². The van der Waals surface area contributed by atoms with E-state index in [2.05, 4.69) is 50.9 Å². The van der Waals surface area contributed by atoms with Crippen molar-refractivity contribution in [1.82, 2.24) is 9.97 Å². The quantitative estimate of drug-likeness (QED) is 0.751. The third-order valence-corrected chi connectivity index (χ3v) is 3.88. The molecule has 3 rings (SSSR count). The summed E-state index contributed by atoms with van der Waals surface area (Å²) in [7, 11) is 0. The number of hydrogen-bond donors (Lipinski definition) is 1. The maximum absolute atomic E-state index is 4.85. The van der Waals surface area contributed by atoms with Crippen molar-refractivity contribution in [3.8, 4) is 11.3 Å². The Morgan fingerprint density at radius 2 is 1.95 bits per heavy atom. The molecule has 0 fully saturated rings. The molecule has 1 heterocycles. The van der Waals surface area contributed by atoms with E-state index in [0.29, 0.717) is 0 Å². The van der Waals surface area contributed by atoms with Gasteiger partial charge in [-0.3, -0.25) is 0 Å². The molecule has 0 atom stereocenters. The van der Waals surface area contributed by atoms with Gasteiger partial charge in [0.05, 0.1) is 11.4 Å². The van der Waals surface area contributed by atoms with Crippen molar-refractivity contribution in [3.05, 3.63) is 40.8 Å². The summed E-state index contributed by atoms with van der Waals surface area (Å²) in [5.74, 6) is 1.10. The Labute approximate surface area is 115 Å². The minimum Gasteiger partial charge on any atom is -0.341 e. The normalized spacial score (nSPS) is 14.7. The number of rotatable bonds is 0. The summed E-state index contributed by atoms with van der Waals surface area (Å²) in [5, 5.41) is 0. The maximum Gasteiger partial charge on any atom is 0.112 e. The number of nitrogens with zero attached hydrogens (tertiary/aromatic N) is 1. The zero-order valence-electron chi connectivity index (χ0n) is 12.3. The van der Waals surface area contributed by atoms with Gasteiger partial charge in [-0.15, -0.1) is 0 Å². The number of benzene rings is 1. The van der Waals surface area contributed by atoms with E-state index in [0.717, 1.165) is 18.7 Å². The van der Waals surface area contributed by atoms with Gasteiger partial charge in [0, 0.05) is 11.0 Å². The molecule has 0 aliphatic heterocycles. The third kappa shape index (κ3) is 2.20. The highest BCUT2D eigenvalue weighted by Gasteiger charge is 2.23. The molecule has 1 aliphatic rings. The Morgan fingerprint density at radius 1 is 1.16 bits per heavy atom. The molecule has 0 bridgehead atoms. The molecule has 0 spiro atoms. The highest BCUT2D eigenvalue weighted by molar-refractivity contribution is 5.68.